The highest BCUT2D eigenvalue weighted by molar-refractivity contribution is 7.10. The van der Waals surface area contributed by atoms with Gasteiger partial charge < -0.3 is 10.0 Å². The second kappa shape index (κ2) is 6.15. The van der Waals surface area contributed by atoms with Gasteiger partial charge in [-0.25, -0.2) is 0 Å². The fourth-order valence-corrected chi connectivity index (χ4v) is 4.27. The molecule has 1 atom stereocenters. The lowest BCUT2D eigenvalue weighted by molar-refractivity contribution is -0.139. The van der Waals surface area contributed by atoms with E-state index in [1.54, 1.807) is 11.3 Å². The standard InChI is InChI=1S/C15H20N2O3S/c18-14(19)10-16-5-7-17(8-6-16)15(20)12-2-1-3-13-11(12)4-9-21-13/h4,9,12H,1-3,5-8,10H2,(H,18,19). The van der Waals surface area contributed by atoms with Gasteiger partial charge in [0.15, 0.2) is 0 Å². The molecule has 1 amide bonds. The van der Waals surface area contributed by atoms with Crippen molar-refractivity contribution in [1.82, 2.24) is 9.80 Å². The van der Waals surface area contributed by atoms with Crippen molar-refractivity contribution in [2.45, 2.75) is 25.2 Å². The van der Waals surface area contributed by atoms with Crippen LogP contribution in [0, 0.1) is 0 Å². The zero-order valence-corrected chi connectivity index (χ0v) is 12.8. The number of aliphatic carboxylic acids is 1. The molecule has 0 aromatic carbocycles. The number of amides is 1. The quantitative estimate of drug-likeness (QED) is 0.917. The maximum Gasteiger partial charge on any atom is 0.317 e. The summed E-state index contributed by atoms with van der Waals surface area (Å²) in [6, 6.07) is 2.10. The summed E-state index contributed by atoms with van der Waals surface area (Å²) in [5, 5.41) is 10.9. The average Bonchev–Trinajstić information content (AvgIpc) is 2.95. The molecule has 1 aromatic rings. The second-order valence-corrected chi connectivity index (χ2v) is 6.74. The van der Waals surface area contributed by atoms with Crippen molar-refractivity contribution in [2.24, 2.45) is 0 Å². The zero-order valence-electron chi connectivity index (χ0n) is 12.0. The normalized spacial score (nSPS) is 22.9. The van der Waals surface area contributed by atoms with Crippen molar-refractivity contribution in [1.29, 1.82) is 0 Å². The largest absolute Gasteiger partial charge is 0.480 e. The molecule has 21 heavy (non-hydrogen) atoms. The Morgan fingerprint density at radius 2 is 2.05 bits per heavy atom. The highest BCUT2D eigenvalue weighted by atomic mass is 32.1. The fraction of sp³-hybridized carbons (Fsp3) is 0.600. The van der Waals surface area contributed by atoms with Gasteiger partial charge in [-0.2, -0.15) is 0 Å². The molecule has 1 unspecified atom stereocenters. The van der Waals surface area contributed by atoms with Crippen LogP contribution >= 0.6 is 11.3 Å². The SMILES string of the molecule is O=C(O)CN1CCN(C(=O)C2CCCc3sccc32)CC1. The Balaban J connectivity index is 1.62. The van der Waals surface area contributed by atoms with Gasteiger partial charge in [0.25, 0.3) is 0 Å². The maximum absolute atomic E-state index is 12.7. The Hall–Kier alpha value is -1.40. The third kappa shape index (κ3) is 3.11. The van der Waals surface area contributed by atoms with Gasteiger partial charge in [-0.05, 0) is 36.3 Å². The third-order valence-corrected chi connectivity index (χ3v) is 5.39. The molecular weight excluding hydrogens is 288 g/mol. The summed E-state index contributed by atoms with van der Waals surface area (Å²) in [6.07, 6.45) is 3.13. The molecule has 0 radical (unpaired) electrons. The number of hydrogen-bond donors (Lipinski definition) is 1. The molecule has 2 heterocycles. The van der Waals surface area contributed by atoms with Crippen LogP contribution in [0.3, 0.4) is 0 Å². The molecule has 3 rings (SSSR count). The number of nitrogens with zero attached hydrogens (tertiary/aromatic N) is 2. The van der Waals surface area contributed by atoms with Crippen molar-refractivity contribution in [2.75, 3.05) is 32.7 Å². The Kier molecular flexibility index (Phi) is 4.26. The Labute approximate surface area is 128 Å². The summed E-state index contributed by atoms with van der Waals surface area (Å²) >= 11 is 1.76. The minimum atomic E-state index is -0.801. The number of thiophene rings is 1. The first-order chi connectivity index (χ1) is 10.1. The maximum atomic E-state index is 12.7. The topological polar surface area (TPSA) is 60.9 Å². The Morgan fingerprint density at radius 3 is 2.76 bits per heavy atom. The molecule has 1 aromatic heterocycles. The highest BCUT2D eigenvalue weighted by Gasteiger charge is 2.32. The van der Waals surface area contributed by atoms with E-state index >= 15 is 0 Å². The molecule has 5 nitrogen and oxygen atoms in total. The molecule has 2 aliphatic rings. The van der Waals surface area contributed by atoms with Crippen LogP contribution in [0.4, 0.5) is 0 Å². The van der Waals surface area contributed by atoms with Gasteiger partial charge in [-0.15, -0.1) is 11.3 Å². The summed E-state index contributed by atoms with van der Waals surface area (Å²) < 4.78 is 0. The predicted molar refractivity (Wildman–Crippen MR) is 80.7 cm³/mol. The van der Waals surface area contributed by atoms with E-state index in [-0.39, 0.29) is 18.4 Å². The lowest BCUT2D eigenvalue weighted by Crippen LogP contribution is -2.51. The van der Waals surface area contributed by atoms with Crippen LogP contribution in [-0.4, -0.2) is 59.5 Å². The minimum absolute atomic E-state index is 0.0195. The number of carboxylic acids is 1. The Morgan fingerprint density at radius 1 is 1.29 bits per heavy atom. The molecule has 1 saturated heterocycles. The summed E-state index contributed by atoms with van der Waals surface area (Å²) in [7, 11) is 0. The van der Waals surface area contributed by atoms with E-state index in [0.717, 1.165) is 19.3 Å². The molecule has 114 valence electrons. The number of aryl methyl sites for hydroxylation is 1. The molecule has 1 N–H and O–H groups in total. The number of hydrogen-bond acceptors (Lipinski definition) is 4. The van der Waals surface area contributed by atoms with E-state index in [1.807, 2.05) is 9.80 Å². The molecule has 0 bridgehead atoms. The van der Waals surface area contributed by atoms with Crippen molar-refractivity contribution in [3.63, 3.8) is 0 Å². The van der Waals surface area contributed by atoms with E-state index in [0.29, 0.717) is 26.2 Å². The van der Waals surface area contributed by atoms with Crippen LogP contribution < -0.4 is 0 Å². The van der Waals surface area contributed by atoms with E-state index in [2.05, 4.69) is 11.4 Å². The lowest BCUT2D eigenvalue weighted by Gasteiger charge is -2.36. The molecule has 1 fully saturated rings. The van der Waals surface area contributed by atoms with Gasteiger partial charge in [0.1, 0.15) is 0 Å². The van der Waals surface area contributed by atoms with Crippen molar-refractivity contribution in [3.05, 3.63) is 21.9 Å². The van der Waals surface area contributed by atoms with Gasteiger partial charge in [-0.3, -0.25) is 14.5 Å². The summed E-state index contributed by atoms with van der Waals surface area (Å²) in [5.41, 5.74) is 1.23. The van der Waals surface area contributed by atoms with Crippen LogP contribution in [0.1, 0.15) is 29.2 Å². The van der Waals surface area contributed by atoms with Crippen LogP contribution in [0.15, 0.2) is 11.4 Å². The van der Waals surface area contributed by atoms with Crippen molar-refractivity contribution in [3.8, 4) is 0 Å². The molecule has 0 saturated carbocycles. The molecule has 6 heteroatoms. The number of rotatable bonds is 3. The number of piperazine rings is 1. The summed E-state index contributed by atoms with van der Waals surface area (Å²) in [4.78, 5) is 28.6. The van der Waals surface area contributed by atoms with Gasteiger partial charge >= 0.3 is 5.97 Å². The molecular formula is C15H20N2O3S. The molecule has 0 spiro atoms. The van der Waals surface area contributed by atoms with Crippen LogP contribution in [0.25, 0.3) is 0 Å². The molecule has 1 aliphatic carbocycles. The van der Waals surface area contributed by atoms with E-state index in [9.17, 15) is 9.59 Å². The fourth-order valence-electron chi connectivity index (χ4n) is 3.28. The number of fused-ring (bicyclic) bond motifs is 1. The smallest absolute Gasteiger partial charge is 0.317 e. The summed E-state index contributed by atoms with van der Waals surface area (Å²) in [5.74, 6) is -0.555. The van der Waals surface area contributed by atoms with Crippen LogP contribution in [0.2, 0.25) is 0 Å². The lowest BCUT2D eigenvalue weighted by atomic mass is 9.86. The monoisotopic (exact) mass is 308 g/mol. The van der Waals surface area contributed by atoms with Gasteiger partial charge in [0, 0.05) is 31.1 Å². The Bertz CT molecular complexity index is 535. The minimum Gasteiger partial charge on any atom is -0.480 e. The third-order valence-electron chi connectivity index (χ3n) is 4.39. The predicted octanol–water partition coefficient (Wildman–Crippen LogP) is 1.40. The van der Waals surface area contributed by atoms with Crippen molar-refractivity contribution >= 4 is 23.2 Å². The van der Waals surface area contributed by atoms with Gasteiger partial charge in [0.2, 0.25) is 5.91 Å². The van der Waals surface area contributed by atoms with Gasteiger partial charge in [0.05, 0.1) is 12.5 Å². The first kappa shape index (κ1) is 14.5. The number of carbonyl (C=O) groups excluding carboxylic acids is 1. The van der Waals surface area contributed by atoms with Gasteiger partial charge in [-0.1, -0.05) is 0 Å². The number of carboxylic acid groups (broad SMARTS) is 1. The zero-order chi connectivity index (χ0) is 14.8. The van der Waals surface area contributed by atoms with E-state index in [1.165, 1.54) is 10.4 Å². The second-order valence-electron chi connectivity index (χ2n) is 5.74. The first-order valence-corrected chi connectivity index (χ1v) is 8.32. The van der Waals surface area contributed by atoms with Crippen LogP contribution in [0.5, 0.6) is 0 Å². The van der Waals surface area contributed by atoms with Crippen molar-refractivity contribution < 1.29 is 14.7 Å². The van der Waals surface area contributed by atoms with E-state index < -0.39 is 5.97 Å². The average molecular weight is 308 g/mol. The highest BCUT2D eigenvalue weighted by Crippen LogP contribution is 2.36. The first-order valence-electron chi connectivity index (χ1n) is 7.44. The van der Waals surface area contributed by atoms with Crippen LogP contribution in [-0.2, 0) is 16.0 Å². The number of carbonyl (C=O) groups is 2. The van der Waals surface area contributed by atoms with E-state index in [4.69, 9.17) is 5.11 Å². The molecule has 1 aliphatic heterocycles. The summed E-state index contributed by atoms with van der Waals surface area (Å²) in [6.45, 7) is 2.66.